The van der Waals surface area contributed by atoms with Gasteiger partial charge in [-0.05, 0) is 25.2 Å². The summed E-state index contributed by atoms with van der Waals surface area (Å²) in [5.41, 5.74) is 0. The van der Waals surface area contributed by atoms with Gasteiger partial charge in [0.15, 0.2) is 0 Å². The van der Waals surface area contributed by atoms with Gasteiger partial charge in [0.25, 0.3) is 0 Å². The van der Waals surface area contributed by atoms with Crippen LogP contribution in [-0.2, 0) is 4.79 Å². The largest absolute Gasteiger partial charge is 0.481 e. The fraction of sp³-hybridized carbons (Fsp3) is 0.909. The monoisotopic (exact) mass is 197 g/mol. The van der Waals surface area contributed by atoms with Crippen molar-refractivity contribution in [3.05, 3.63) is 0 Å². The highest BCUT2D eigenvalue weighted by Gasteiger charge is 2.42. The molecule has 0 aromatic carbocycles. The van der Waals surface area contributed by atoms with Gasteiger partial charge in [-0.1, -0.05) is 13.3 Å². The van der Waals surface area contributed by atoms with E-state index in [2.05, 4.69) is 11.8 Å². The summed E-state index contributed by atoms with van der Waals surface area (Å²) in [5.74, 6) is -0.291. The molecular formula is C11H19NO2. The van der Waals surface area contributed by atoms with Crippen molar-refractivity contribution >= 4 is 5.97 Å². The Labute approximate surface area is 85.1 Å². The lowest BCUT2D eigenvalue weighted by Crippen LogP contribution is -2.25. The summed E-state index contributed by atoms with van der Waals surface area (Å²) in [6.07, 6.45) is 4.74. The second-order valence-electron chi connectivity index (χ2n) is 4.68. The van der Waals surface area contributed by atoms with Gasteiger partial charge in [-0.3, -0.25) is 9.69 Å². The maximum Gasteiger partial charge on any atom is 0.308 e. The highest BCUT2D eigenvalue weighted by atomic mass is 16.4. The molecule has 1 heterocycles. The third kappa shape index (κ3) is 1.92. The first-order chi connectivity index (χ1) is 6.72. The van der Waals surface area contributed by atoms with Crippen LogP contribution in [0.5, 0.6) is 0 Å². The average Bonchev–Trinajstić information content (AvgIpc) is 2.89. The molecule has 3 heteroatoms. The minimum absolute atomic E-state index is 0.101. The van der Waals surface area contributed by atoms with Crippen molar-refractivity contribution < 1.29 is 9.90 Å². The first-order valence-corrected chi connectivity index (χ1v) is 5.69. The zero-order valence-electron chi connectivity index (χ0n) is 8.78. The minimum atomic E-state index is -0.591. The van der Waals surface area contributed by atoms with E-state index in [9.17, 15) is 4.79 Å². The van der Waals surface area contributed by atoms with Gasteiger partial charge in [0.2, 0.25) is 0 Å². The van der Waals surface area contributed by atoms with Crippen molar-refractivity contribution in [3.8, 4) is 0 Å². The lowest BCUT2D eigenvalue weighted by atomic mass is 9.92. The maximum atomic E-state index is 11.0. The van der Waals surface area contributed by atoms with Crippen LogP contribution in [0, 0.1) is 11.8 Å². The van der Waals surface area contributed by atoms with Crippen LogP contribution in [0.4, 0.5) is 0 Å². The molecule has 0 amide bonds. The number of nitrogens with zero attached hydrogens (tertiary/aromatic N) is 1. The number of likely N-dealkylation sites (tertiary alicyclic amines) is 1. The number of hydrogen-bond donors (Lipinski definition) is 1. The minimum Gasteiger partial charge on any atom is -0.481 e. The first kappa shape index (κ1) is 9.97. The van der Waals surface area contributed by atoms with Crippen LogP contribution in [0.2, 0.25) is 0 Å². The van der Waals surface area contributed by atoms with Crippen molar-refractivity contribution in [2.24, 2.45) is 11.8 Å². The SMILES string of the molecule is CCC[C@@H]1CN(C2CC2)C[C@H]1C(=O)O. The highest BCUT2D eigenvalue weighted by molar-refractivity contribution is 5.71. The van der Waals surface area contributed by atoms with Gasteiger partial charge in [-0.15, -0.1) is 0 Å². The van der Waals surface area contributed by atoms with Crippen LogP contribution < -0.4 is 0 Å². The maximum absolute atomic E-state index is 11.0. The average molecular weight is 197 g/mol. The quantitative estimate of drug-likeness (QED) is 0.744. The highest BCUT2D eigenvalue weighted by Crippen LogP contribution is 2.36. The molecule has 1 saturated heterocycles. The third-order valence-corrected chi connectivity index (χ3v) is 3.51. The molecule has 0 spiro atoms. The number of carbonyl (C=O) groups is 1. The third-order valence-electron chi connectivity index (χ3n) is 3.51. The number of carboxylic acid groups (broad SMARTS) is 1. The predicted octanol–water partition coefficient (Wildman–Crippen LogP) is 1.58. The Bertz CT molecular complexity index is 225. The number of carboxylic acids is 1. The van der Waals surface area contributed by atoms with Crippen LogP contribution in [0.3, 0.4) is 0 Å². The van der Waals surface area contributed by atoms with E-state index in [0.29, 0.717) is 5.92 Å². The lowest BCUT2D eigenvalue weighted by Gasteiger charge is -2.13. The molecule has 2 rings (SSSR count). The lowest BCUT2D eigenvalue weighted by molar-refractivity contribution is -0.142. The van der Waals surface area contributed by atoms with Gasteiger partial charge in [0.1, 0.15) is 0 Å². The molecule has 1 aliphatic carbocycles. The molecule has 0 aromatic heterocycles. The van der Waals surface area contributed by atoms with Crippen molar-refractivity contribution in [2.75, 3.05) is 13.1 Å². The van der Waals surface area contributed by atoms with E-state index in [4.69, 9.17) is 5.11 Å². The first-order valence-electron chi connectivity index (χ1n) is 5.69. The summed E-state index contributed by atoms with van der Waals surface area (Å²) in [6, 6.07) is 0.721. The smallest absolute Gasteiger partial charge is 0.308 e. The Morgan fingerprint density at radius 3 is 2.64 bits per heavy atom. The molecule has 0 aromatic rings. The molecule has 14 heavy (non-hydrogen) atoms. The van der Waals surface area contributed by atoms with Crippen LogP contribution in [0.25, 0.3) is 0 Å². The van der Waals surface area contributed by atoms with Gasteiger partial charge in [0.05, 0.1) is 5.92 Å². The zero-order chi connectivity index (χ0) is 10.1. The molecule has 3 nitrogen and oxygen atoms in total. The molecule has 1 aliphatic heterocycles. The summed E-state index contributed by atoms with van der Waals surface area (Å²) in [6.45, 7) is 3.96. The Kier molecular flexibility index (Phi) is 2.77. The van der Waals surface area contributed by atoms with E-state index >= 15 is 0 Å². The zero-order valence-corrected chi connectivity index (χ0v) is 8.78. The summed E-state index contributed by atoms with van der Waals surface area (Å²) in [5, 5.41) is 9.10. The molecule has 2 atom stereocenters. The van der Waals surface area contributed by atoms with Gasteiger partial charge in [-0.2, -0.15) is 0 Å². The molecule has 2 fully saturated rings. The predicted molar refractivity (Wildman–Crippen MR) is 54.1 cm³/mol. The molecule has 1 N–H and O–H groups in total. The molecule has 0 unspecified atom stereocenters. The van der Waals surface area contributed by atoms with Crippen molar-refractivity contribution in [1.29, 1.82) is 0 Å². The van der Waals surface area contributed by atoms with Crippen LogP contribution in [0.1, 0.15) is 32.6 Å². The summed E-state index contributed by atoms with van der Waals surface area (Å²) >= 11 is 0. The normalized spacial score (nSPS) is 33.5. The van der Waals surface area contributed by atoms with Gasteiger partial charge >= 0.3 is 5.97 Å². The van der Waals surface area contributed by atoms with Gasteiger partial charge in [0, 0.05) is 19.1 Å². The summed E-state index contributed by atoms with van der Waals surface area (Å²) in [4.78, 5) is 13.4. The van der Waals surface area contributed by atoms with Crippen LogP contribution in [-0.4, -0.2) is 35.1 Å². The summed E-state index contributed by atoms with van der Waals surface area (Å²) in [7, 11) is 0. The second-order valence-corrected chi connectivity index (χ2v) is 4.68. The Morgan fingerprint density at radius 2 is 2.14 bits per heavy atom. The standard InChI is InChI=1S/C11H19NO2/c1-2-3-8-6-12(9-4-5-9)7-10(8)11(13)14/h8-10H,2-7H2,1H3,(H,13,14)/t8-,10-/m1/s1. The van der Waals surface area contributed by atoms with E-state index in [1.54, 1.807) is 0 Å². The Balaban J connectivity index is 1.95. The van der Waals surface area contributed by atoms with E-state index in [1.165, 1.54) is 12.8 Å². The van der Waals surface area contributed by atoms with Crippen molar-refractivity contribution in [3.63, 3.8) is 0 Å². The van der Waals surface area contributed by atoms with Crippen LogP contribution >= 0.6 is 0 Å². The molecule has 0 radical (unpaired) electrons. The topological polar surface area (TPSA) is 40.5 Å². The molecular weight excluding hydrogens is 178 g/mol. The van der Waals surface area contributed by atoms with Crippen molar-refractivity contribution in [2.45, 2.75) is 38.6 Å². The number of rotatable bonds is 4. The van der Waals surface area contributed by atoms with E-state index < -0.39 is 5.97 Å². The van der Waals surface area contributed by atoms with Crippen LogP contribution in [0.15, 0.2) is 0 Å². The number of aliphatic carboxylic acids is 1. The van der Waals surface area contributed by atoms with Gasteiger partial charge < -0.3 is 5.11 Å². The molecule has 80 valence electrons. The Morgan fingerprint density at radius 1 is 1.43 bits per heavy atom. The van der Waals surface area contributed by atoms with Gasteiger partial charge in [-0.25, -0.2) is 0 Å². The fourth-order valence-electron chi connectivity index (χ4n) is 2.59. The van der Waals surface area contributed by atoms with E-state index in [0.717, 1.165) is 32.0 Å². The molecule has 1 saturated carbocycles. The Hall–Kier alpha value is -0.570. The second kappa shape index (κ2) is 3.89. The van der Waals surface area contributed by atoms with E-state index in [-0.39, 0.29) is 5.92 Å². The molecule has 2 aliphatic rings. The fourth-order valence-corrected chi connectivity index (χ4v) is 2.59. The number of hydrogen-bond acceptors (Lipinski definition) is 2. The summed E-state index contributed by atoms with van der Waals surface area (Å²) < 4.78 is 0. The van der Waals surface area contributed by atoms with E-state index in [1.807, 2.05) is 0 Å². The molecule has 0 bridgehead atoms. The van der Waals surface area contributed by atoms with Crippen molar-refractivity contribution in [1.82, 2.24) is 4.90 Å².